The molecule has 4 heteroatoms. The highest BCUT2D eigenvalue weighted by Gasteiger charge is 2.06. The van der Waals surface area contributed by atoms with Gasteiger partial charge in [0.15, 0.2) is 0 Å². The van der Waals surface area contributed by atoms with Crippen molar-refractivity contribution < 1.29 is 14.3 Å². The average molecular weight is 239 g/mol. The molecule has 0 aliphatic heterocycles. The summed E-state index contributed by atoms with van der Waals surface area (Å²) >= 11 is 0. The van der Waals surface area contributed by atoms with Crippen molar-refractivity contribution in [1.29, 1.82) is 0 Å². The van der Waals surface area contributed by atoms with Crippen molar-refractivity contribution in [2.75, 3.05) is 13.2 Å². The maximum atomic E-state index is 13.2. The van der Waals surface area contributed by atoms with Crippen molar-refractivity contribution in [1.82, 2.24) is 5.32 Å². The van der Waals surface area contributed by atoms with E-state index >= 15 is 0 Å². The molecule has 0 unspecified atom stereocenters. The van der Waals surface area contributed by atoms with Crippen LogP contribution in [0.3, 0.4) is 0 Å². The summed E-state index contributed by atoms with van der Waals surface area (Å²) in [4.78, 5) is 11.6. The molecular formula is C13H18FNO2. The smallest absolute Gasteiger partial charge is 0.251 e. The first-order valence-electron chi connectivity index (χ1n) is 5.80. The van der Waals surface area contributed by atoms with Crippen LogP contribution in [-0.4, -0.2) is 24.2 Å². The van der Waals surface area contributed by atoms with Crippen LogP contribution in [-0.2, 0) is 0 Å². The van der Waals surface area contributed by atoms with Crippen LogP contribution in [0.2, 0.25) is 0 Å². The van der Waals surface area contributed by atoms with E-state index in [0.717, 1.165) is 19.3 Å². The van der Waals surface area contributed by atoms with E-state index in [1.807, 2.05) is 0 Å². The predicted molar refractivity (Wildman–Crippen MR) is 64.4 cm³/mol. The van der Waals surface area contributed by atoms with Gasteiger partial charge in [-0.1, -0.05) is 6.07 Å². The van der Waals surface area contributed by atoms with E-state index in [1.165, 1.54) is 6.07 Å². The molecule has 17 heavy (non-hydrogen) atoms. The summed E-state index contributed by atoms with van der Waals surface area (Å²) in [5, 5.41) is 11.3. The molecule has 0 fully saturated rings. The van der Waals surface area contributed by atoms with Crippen LogP contribution >= 0.6 is 0 Å². The first-order chi connectivity index (χ1) is 8.15. The molecule has 3 nitrogen and oxygen atoms in total. The molecule has 1 amide bonds. The fraction of sp³-hybridized carbons (Fsp3) is 0.462. The van der Waals surface area contributed by atoms with E-state index in [-0.39, 0.29) is 18.3 Å². The van der Waals surface area contributed by atoms with Gasteiger partial charge in [0.1, 0.15) is 5.82 Å². The zero-order valence-electron chi connectivity index (χ0n) is 10.0. The van der Waals surface area contributed by atoms with Crippen molar-refractivity contribution in [3.8, 4) is 0 Å². The van der Waals surface area contributed by atoms with E-state index in [2.05, 4.69) is 5.32 Å². The Bertz CT molecular complexity index is 380. The lowest BCUT2D eigenvalue weighted by Gasteiger charge is -2.05. The summed E-state index contributed by atoms with van der Waals surface area (Å²) in [6.45, 7) is 2.39. The lowest BCUT2D eigenvalue weighted by molar-refractivity contribution is 0.0952. The van der Waals surface area contributed by atoms with Crippen LogP contribution in [0.25, 0.3) is 0 Å². The molecule has 0 atom stereocenters. The van der Waals surface area contributed by atoms with Gasteiger partial charge in [0.25, 0.3) is 5.91 Å². The quantitative estimate of drug-likeness (QED) is 0.746. The number of halogens is 1. The molecule has 0 saturated carbocycles. The van der Waals surface area contributed by atoms with Crippen LogP contribution in [0.4, 0.5) is 4.39 Å². The maximum absolute atomic E-state index is 13.2. The van der Waals surface area contributed by atoms with Crippen molar-refractivity contribution in [2.45, 2.75) is 26.2 Å². The van der Waals surface area contributed by atoms with Gasteiger partial charge in [-0.15, -0.1) is 0 Å². The zero-order chi connectivity index (χ0) is 12.7. The lowest BCUT2D eigenvalue weighted by atomic mass is 10.1. The van der Waals surface area contributed by atoms with Gasteiger partial charge in [-0.2, -0.15) is 0 Å². The molecule has 0 bridgehead atoms. The molecule has 0 saturated heterocycles. The van der Waals surface area contributed by atoms with E-state index in [9.17, 15) is 9.18 Å². The van der Waals surface area contributed by atoms with Gasteiger partial charge in [0, 0.05) is 18.7 Å². The molecule has 2 N–H and O–H groups in total. The lowest BCUT2D eigenvalue weighted by Crippen LogP contribution is -2.24. The highest BCUT2D eigenvalue weighted by Crippen LogP contribution is 2.09. The highest BCUT2D eigenvalue weighted by atomic mass is 19.1. The van der Waals surface area contributed by atoms with Gasteiger partial charge in [-0.3, -0.25) is 4.79 Å². The molecule has 1 aromatic rings. The molecule has 0 heterocycles. The van der Waals surface area contributed by atoms with Crippen LogP contribution in [0, 0.1) is 12.7 Å². The summed E-state index contributed by atoms with van der Waals surface area (Å²) in [5.74, 6) is -0.620. The van der Waals surface area contributed by atoms with Crippen LogP contribution in [0.5, 0.6) is 0 Å². The minimum absolute atomic E-state index is 0.178. The number of carbonyl (C=O) groups excluding carboxylic acids is 1. The Labute approximate surface area is 101 Å². The normalized spacial score (nSPS) is 10.3. The van der Waals surface area contributed by atoms with E-state index < -0.39 is 0 Å². The minimum atomic E-state index is -0.363. The molecule has 0 spiro atoms. The molecule has 0 radical (unpaired) electrons. The number of benzene rings is 1. The number of carbonyl (C=O) groups is 1. The summed E-state index contributed by atoms with van der Waals surface area (Å²) in [5.41, 5.74) is 0.875. The second-order valence-electron chi connectivity index (χ2n) is 4.00. The van der Waals surface area contributed by atoms with Gasteiger partial charge in [0.2, 0.25) is 0 Å². The number of hydrogen-bond donors (Lipinski definition) is 2. The number of nitrogens with one attached hydrogen (secondary N) is 1. The van der Waals surface area contributed by atoms with Crippen LogP contribution < -0.4 is 5.32 Å². The molecule has 0 aromatic heterocycles. The monoisotopic (exact) mass is 239 g/mol. The fourth-order valence-electron chi connectivity index (χ4n) is 1.45. The van der Waals surface area contributed by atoms with Gasteiger partial charge >= 0.3 is 0 Å². The fourth-order valence-corrected chi connectivity index (χ4v) is 1.45. The largest absolute Gasteiger partial charge is 0.396 e. The number of aryl methyl sites for hydroxylation is 1. The summed E-state index contributed by atoms with van der Waals surface area (Å²) in [6, 6.07) is 4.45. The highest BCUT2D eigenvalue weighted by molar-refractivity contribution is 5.94. The van der Waals surface area contributed by atoms with Gasteiger partial charge in [0.05, 0.1) is 0 Å². The van der Waals surface area contributed by atoms with E-state index in [1.54, 1.807) is 19.1 Å². The summed E-state index contributed by atoms with van der Waals surface area (Å²) < 4.78 is 13.2. The number of amides is 1. The van der Waals surface area contributed by atoms with E-state index in [0.29, 0.717) is 17.7 Å². The summed E-state index contributed by atoms with van der Waals surface area (Å²) in [6.07, 6.45) is 2.44. The maximum Gasteiger partial charge on any atom is 0.251 e. The Morgan fingerprint density at radius 2 is 2.12 bits per heavy atom. The number of rotatable bonds is 6. The molecular weight excluding hydrogens is 221 g/mol. The van der Waals surface area contributed by atoms with Crippen molar-refractivity contribution in [3.05, 3.63) is 35.1 Å². The van der Waals surface area contributed by atoms with E-state index in [4.69, 9.17) is 5.11 Å². The first kappa shape index (κ1) is 13.6. The Morgan fingerprint density at radius 1 is 1.35 bits per heavy atom. The zero-order valence-corrected chi connectivity index (χ0v) is 10.0. The molecule has 1 rings (SSSR count). The third-order valence-electron chi connectivity index (χ3n) is 2.55. The topological polar surface area (TPSA) is 49.3 Å². The predicted octanol–water partition coefficient (Wildman–Crippen LogP) is 2.03. The Kier molecular flexibility index (Phi) is 5.63. The second kappa shape index (κ2) is 7.01. The van der Waals surface area contributed by atoms with Crippen molar-refractivity contribution in [2.24, 2.45) is 0 Å². The average Bonchev–Trinajstić information content (AvgIpc) is 2.32. The molecule has 94 valence electrons. The summed E-state index contributed by atoms with van der Waals surface area (Å²) in [7, 11) is 0. The number of hydrogen-bond acceptors (Lipinski definition) is 2. The first-order valence-corrected chi connectivity index (χ1v) is 5.80. The van der Waals surface area contributed by atoms with Gasteiger partial charge in [-0.25, -0.2) is 4.39 Å². The second-order valence-corrected chi connectivity index (χ2v) is 4.00. The number of unbranched alkanes of at least 4 members (excludes halogenated alkanes) is 2. The van der Waals surface area contributed by atoms with Crippen molar-refractivity contribution in [3.63, 3.8) is 0 Å². The Morgan fingerprint density at radius 3 is 2.76 bits per heavy atom. The third kappa shape index (κ3) is 4.53. The third-order valence-corrected chi connectivity index (χ3v) is 2.55. The molecule has 1 aromatic carbocycles. The van der Waals surface area contributed by atoms with Crippen LogP contribution in [0.1, 0.15) is 35.2 Å². The van der Waals surface area contributed by atoms with Crippen LogP contribution in [0.15, 0.2) is 18.2 Å². The Balaban J connectivity index is 2.39. The van der Waals surface area contributed by atoms with Crippen molar-refractivity contribution >= 4 is 5.91 Å². The number of aliphatic hydroxyl groups excluding tert-OH is 1. The Hall–Kier alpha value is -1.42. The minimum Gasteiger partial charge on any atom is -0.396 e. The standard InChI is InChI=1S/C13H18FNO2/c1-10-5-6-11(9-12(10)14)13(17)15-7-3-2-4-8-16/h5-6,9,16H,2-4,7-8H2,1H3,(H,15,17). The SMILES string of the molecule is Cc1ccc(C(=O)NCCCCCO)cc1F. The molecule has 0 aliphatic rings. The van der Waals surface area contributed by atoms with Gasteiger partial charge in [-0.05, 0) is 43.9 Å². The number of aliphatic hydroxyl groups is 1. The van der Waals surface area contributed by atoms with Gasteiger partial charge < -0.3 is 10.4 Å². The molecule has 0 aliphatic carbocycles.